The molecule has 6 nitrogen and oxygen atoms in total. The standard InChI is InChI=1S/C24H24N6S2/c31-23(25-15-19-8-3-1-4-9-19)29-27-17-21-12-7-13-22(14-21)18-28-30-24(32)26-16-20-10-5-2-6-11-20/h1-14,17-18H,15-16H2,(H2,25,29,31)(H2,26,30,32). The summed E-state index contributed by atoms with van der Waals surface area (Å²) in [6.07, 6.45) is 3.40. The summed E-state index contributed by atoms with van der Waals surface area (Å²) in [5.41, 5.74) is 9.78. The third-order valence-electron chi connectivity index (χ3n) is 4.26. The predicted octanol–water partition coefficient (Wildman–Crippen LogP) is 3.68. The van der Waals surface area contributed by atoms with Gasteiger partial charge in [0, 0.05) is 13.1 Å². The van der Waals surface area contributed by atoms with Crippen LogP contribution in [0.1, 0.15) is 22.3 Å². The molecule has 0 aliphatic carbocycles. The van der Waals surface area contributed by atoms with Crippen LogP contribution in [0.15, 0.2) is 95.1 Å². The first kappa shape index (κ1) is 23.1. The van der Waals surface area contributed by atoms with Gasteiger partial charge in [-0.2, -0.15) is 10.2 Å². The Bertz CT molecular complexity index is 985. The zero-order valence-electron chi connectivity index (χ0n) is 17.4. The Hall–Kier alpha value is -3.62. The third-order valence-corrected chi connectivity index (χ3v) is 4.73. The molecule has 0 radical (unpaired) electrons. The first-order valence-corrected chi connectivity index (χ1v) is 10.8. The largest absolute Gasteiger partial charge is 0.357 e. The van der Waals surface area contributed by atoms with E-state index >= 15 is 0 Å². The van der Waals surface area contributed by atoms with Crippen LogP contribution in [0, 0.1) is 0 Å². The second kappa shape index (κ2) is 12.9. The molecule has 0 spiro atoms. The van der Waals surface area contributed by atoms with Gasteiger partial charge in [0.05, 0.1) is 12.4 Å². The molecular weight excluding hydrogens is 436 g/mol. The molecule has 32 heavy (non-hydrogen) atoms. The lowest BCUT2D eigenvalue weighted by Crippen LogP contribution is -2.31. The van der Waals surface area contributed by atoms with Crippen LogP contribution in [-0.4, -0.2) is 22.7 Å². The molecule has 0 heterocycles. The fourth-order valence-corrected chi connectivity index (χ4v) is 2.94. The van der Waals surface area contributed by atoms with Crippen LogP contribution in [0.2, 0.25) is 0 Å². The number of nitrogens with one attached hydrogen (secondary N) is 4. The zero-order valence-corrected chi connectivity index (χ0v) is 19.0. The van der Waals surface area contributed by atoms with E-state index in [0.717, 1.165) is 22.3 Å². The minimum absolute atomic E-state index is 0.462. The predicted molar refractivity (Wildman–Crippen MR) is 140 cm³/mol. The molecule has 0 amide bonds. The number of rotatable bonds is 8. The van der Waals surface area contributed by atoms with Crippen molar-refractivity contribution in [1.29, 1.82) is 0 Å². The van der Waals surface area contributed by atoms with Crippen molar-refractivity contribution in [3.63, 3.8) is 0 Å². The molecular formula is C24H24N6S2. The summed E-state index contributed by atoms with van der Waals surface area (Å²) in [6, 6.07) is 27.9. The topological polar surface area (TPSA) is 72.8 Å². The molecule has 0 aliphatic heterocycles. The highest BCUT2D eigenvalue weighted by molar-refractivity contribution is 7.80. The maximum Gasteiger partial charge on any atom is 0.187 e. The average molecular weight is 461 g/mol. The number of nitrogens with zero attached hydrogens (tertiary/aromatic N) is 2. The molecule has 0 unspecified atom stereocenters. The van der Waals surface area contributed by atoms with Crippen molar-refractivity contribution in [1.82, 2.24) is 21.5 Å². The molecule has 3 aromatic carbocycles. The fourth-order valence-electron chi connectivity index (χ4n) is 2.69. The Morgan fingerprint density at radius 2 is 1.06 bits per heavy atom. The summed E-state index contributed by atoms with van der Waals surface area (Å²) >= 11 is 10.5. The SMILES string of the molecule is S=C(NCc1ccccc1)NN=Cc1cccc(C=NNC(=S)NCc2ccccc2)c1. The van der Waals surface area contributed by atoms with Crippen LogP contribution in [0.25, 0.3) is 0 Å². The smallest absolute Gasteiger partial charge is 0.187 e. The maximum atomic E-state index is 5.25. The van der Waals surface area contributed by atoms with E-state index in [-0.39, 0.29) is 0 Å². The van der Waals surface area contributed by atoms with Gasteiger partial charge in [0.15, 0.2) is 10.2 Å². The minimum atomic E-state index is 0.462. The van der Waals surface area contributed by atoms with E-state index < -0.39 is 0 Å². The zero-order chi connectivity index (χ0) is 22.4. The average Bonchev–Trinajstić information content (AvgIpc) is 2.83. The molecule has 0 aliphatic rings. The molecule has 0 aromatic heterocycles. The lowest BCUT2D eigenvalue weighted by Gasteiger charge is -2.07. The van der Waals surface area contributed by atoms with Crippen molar-refractivity contribution in [2.75, 3.05) is 0 Å². The summed E-state index contributed by atoms with van der Waals surface area (Å²) in [6.45, 7) is 1.28. The Morgan fingerprint density at radius 3 is 1.50 bits per heavy atom. The number of hydrogen-bond donors (Lipinski definition) is 4. The second-order valence-electron chi connectivity index (χ2n) is 6.75. The van der Waals surface area contributed by atoms with Crippen molar-refractivity contribution in [2.45, 2.75) is 13.1 Å². The van der Waals surface area contributed by atoms with Crippen LogP contribution in [0.4, 0.5) is 0 Å². The van der Waals surface area contributed by atoms with Gasteiger partial charge >= 0.3 is 0 Å². The number of thiocarbonyl (C=S) groups is 2. The monoisotopic (exact) mass is 460 g/mol. The molecule has 0 saturated heterocycles. The van der Waals surface area contributed by atoms with Crippen LogP contribution in [-0.2, 0) is 13.1 Å². The summed E-state index contributed by atoms with van der Waals surface area (Å²) in [5.74, 6) is 0. The van der Waals surface area contributed by atoms with Crippen LogP contribution >= 0.6 is 24.4 Å². The third kappa shape index (κ3) is 8.63. The molecule has 3 aromatic rings. The molecule has 162 valence electrons. The van der Waals surface area contributed by atoms with E-state index in [1.54, 1.807) is 12.4 Å². The van der Waals surface area contributed by atoms with E-state index in [4.69, 9.17) is 24.4 Å². The molecule has 0 saturated carbocycles. The van der Waals surface area contributed by atoms with Gasteiger partial charge in [0.2, 0.25) is 0 Å². The van der Waals surface area contributed by atoms with E-state index in [1.165, 1.54) is 0 Å². The first-order valence-electron chi connectivity index (χ1n) is 10.0. The minimum Gasteiger partial charge on any atom is -0.357 e. The van der Waals surface area contributed by atoms with Crippen LogP contribution in [0.3, 0.4) is 0 Å². The normalized spacial score (nSPS) is 10.8. The maximum absolute atomic E-state index is 5.25. The lowest BCUT2D eigenvalue weighted by atomic mass is 10.1. The lowest BCUT2D eigenvalue weighted by molar-refractivity contribution is 0.868. The highest BCUT2D eigenvalue weighted by Crippen LogP contribution is 2.01. The first-order chi connectivity index (χ1) is 15.7. The van der Waals surface area contributed by atoms with Gasteiger partial charge < -0.3 is 10.6 Å². The van der Waals surface area contributed by atoms with Gasteiger partial charge in [-0.3, -0.25) is 10.9 Å². The fraction of sp³-hybridized carbons (Fsp3) is 0.0833. The van der Waals surface area contributed by atoms with Gasteiger partial charge in [0.1, 0.15) is 0 Å². The van der Waals surface area contributed by atoms with Crippen molar-refractivity contribution in [3.05, 3.63) is 107 Å². The Labute approximate surface area is 198 Å². The van der Waals surface area contributed by atoms with Crippen molar-refractivity contribution < 1.29 is 0 Å². The molecule has 0 bridgehead atoms. The van der Waals surface area contributed by atoms with E-state index in [0.29, 0.717) is 23.3 Å². The Kier molecular flexibility index (Phi) is 9.32. The molecule has 3 rings (SSSR count). The van der Waals surface area contributed by atoms with Crippen molar-refractivity contribution in [2.24, 2.45) is 10.2 Å². The Morgan fingerprint density at radius 1 is 0.625 bits per heavy atom. The number of hydrogen-bond acceptors (Lipinski definition) is 4. The molecule has 8 heteroatoms. The molecule has 4 N–H and O–H groups in total. The summed E-state index contributed by atoms with van der Waals surface area (Å²) in [4.78, 5) is 0. The van der Waals surface area contributed by atoms with Crippen molar-refractivity contribution >= 4 is 47.1 Å². The second-order valence-corrected chi connectivity index (χ2v) is 7.56. The number of benzene rings is 3. The van der Waals surface area contributed by atoms with Gasteiger partial charge in [-0.25, -0.2) is 0 Å². The van der Waals surface area contributed by atoms with Crippen LogP contribution < -0.4 is 21.5 Å². The summed E-state index contributed by atoms with van der Waals surface area (Å²) in [5, 5.41) is 15.5. The number of hydrazone groups is 2. The highest BCUT2D eigenvalue weighted by atomic mass is 32.1. The van der Waals surface area contributed by atoms with Gasteiger partial charge in [-0.05, 0) is 52.8 Å². The van der Waals surface area contributed by atoms with E-state index in [9.17, 15) is 0 Å². The van der Waals surface area contributed by atoms with Gasteiger partial charge in [0.25, 0.3) is 0 Å². The Balaban J connectivity index is 1.41. The highest BCUT2D eigenvalue weighted by Gasteiger charge is 1.96. The van der Waals surface area contributed by atoms with E-state index in [2.05, 4.69) is 31.7 Å². The quantitative estimate of drug-likeness (QED) is 0.234. The molecule has 0 fully saturated rings. The van der Waals surface area contributed by atoms with Crippen molar-refractivity contribution in [3.8, 4) is 0 Å². The summed E-state index contributed by atoms with van der Waals surface area (Å²) < 4.78 is 0. The van der Waals surface area contributed by atoms with Crippen LogP contribution in [0.5, 0.6) is 0 Å². The van der Waals surface area contributed by atoms with Gasteiger partial charge in [-0.1, -0.05) is 78.9 Å². The molecule has 0 atom stereocenters. The van der Waals surface area contributed by atoms with E-state index in [1.807, 2.05) is 84.9 Å². The summed E-state index contributed by atoms with van der Waals surface area (Å²) in [7, 11) is 0. The van der Waals surface area contributed by atoms with Gasteiger partial charge in [-0.15, -0.1) is 0 Å².